The number of pyridine rings is 2. The first kappa shape index (κ1) is 26.8. The Bertz CT molecular complexity index is 1970. The van der Waals surface area contributed by atoms with Crippen molar-refractivity contribution in [1.82, 2.24) is 30.0 Å². The van der Waals surface area contributed by atoms with Gasteiger partial charge in [-0.25, -0.2) is 4.39 Å². The first-order chi connectivity index (χ1) is 20.9. The molecule has 2 aromatic carbocycles. The summed E-state index contributed by atoms with van der Waals surface area (Å²) in [6.45, 7) is 1.56. The van der Waals surface area contributed by atoms with Crippen LogP contribution in [0.5, 0.6) is 0 Å². The molecule has 216 valence electrons. The molecule has 1 saturated carbocycles. The average Bonchev–Trinajstić information content (AvgIpc) is 3.62. The number of fused-ring (bicyclic) bond motifs is 2. The van der Waals surface area contributed by atoms with Gasteiger partial charge in [0.2, 0.25) is 5.91 Å². The normalized spacial score (nSPS) is 13.2. The number of benzene rings is 2. The van der Waals surface area contributed by atoms with Crippen LogP contribution in [0.2, 0.25) is 0 Å². The van der Waals surface area contributed by atoms with E-state index in [0.29, 0.717) is 12.2 Å². The van der Waals surface area contributed by atoms with Crippen LogP contribution < -0.4 is 10.6 Å². The van der Waals surface area contributed by atoms with Crippen molar-refractivity contribution in [2.24, 2.45) is 5.92 Å². The van der Waals surface area contributed by atoms with Gasteiger partial charge in [-0.3, -0.25) is 19.9 Å². The van der Waals surface area contributed by atoms with Crippen molar-refractivity contribution >= 4 is 39.1 Å². The summed E-state index contributed by atoms with van der Waals surface area (Å²) in [5.41, 5.74) is 7.92. The molecule has 0 atom stereocenters. The highest BCUT2D eigenvalue weighted by atomic mass is 19.1. The number of halogens is 1. The van der Waals surface area contributed by atoms with Gasteiger partial charge in [-0.05, 0) is 80.5 Å². The minimum atomic E-state index is -0.290. The van der Waals surface area contributed by atoms with E-state index in [4.69, 9.17) is 0 Å². The highest BCUT2D eigenvalue weighted by Gasteiger charge is 2.29. The fraction of sp³-hybridized carbons (Fsp3) is 0.212. The fourth-order valence-corrected chi connectivity index (χ4v) is 5.32. The molecule has 4 N–H and O–H groups in total. The summed E-state index contributed by atoms with van der Waals surface area (Å²) >= 11 is 0. The Balaban J connectivity index is 1.23. The number of aromatic nitrogens is 5. The molecule has 0 bridgehead atoms. The summed E-state index contributed by atoms with van der Waals surface area (Å²) in [5.74, 6) is -0.148. The maximum atomic E-state index is 14.7. The highest BCUT2D eigenvalue weighted by Crippen LogP contribution is 2.36. The molecule has 0 unspecified atom stereocenters. The number of aromatic amines is 2. The minimum Gasteiger partial charge on any atom is -0.384 e. The van der Waals surface area contributed by atoms with E-state index >= 15 is 0 Å². The molecule has 9 nitrogen and oxygen atoms in total. The van der Waals surface area contributed by atoms with E-state index in [0.717, 1.165) is 80.7 Å². The van der Waals surface area contributed by atoms with Crippen molar-refractivity contribution in [1.29, 1.82) is 0 Å². The second-order valence-corrected chi connectivity index (χ2v) is 11.3. The third-order valence-electron chi connectivity index (χ3n) is 7.71. The minimum absolute atomic E-state index is 0.0349. The molecular weight excluding hydrogens is 543 g/mol. The standard InChI is InChI=1S/C33H31FN8O/c1-42(2)9-8-36-23-11-20(10-22(34)13-23)25-4-3-5-28-26(25)14-30(39-28)32-27-15-29(37-18-31(27)40-41-32)21-12-24(17-35-16-21)38-33(43)19-6-7-19/h3-5,10-19,36,39H,6-9H2,1-2H3,(H,38,43)(H,40,41). The van der Waals surface area contributed by atoms with Crippen LogP contribution in [0.3, 0.4) is 0 Å². The van der Waals surface area contributed by atoms with E-state index in [2.05, 4.69) is 46.7 Å². The van der Waals surface area contributed by atoms with E-state index in [1.807, 2.05) is 50.5 Å². The van der Waals surface area contributed by atoms with E-state index < -0.39 is 0 Å². The number of hydrogen-bond donors (Lipinski definition) is 4. The zero-order valence-electron chi connectivity index (χ0n) is 23.9. The average molecular weight is 575 g/mol. The zero-order valence-corrected chi connectivity index (χ0v) is 23.9. The second-order valence-electron chi connectivity index (χ2n) is 11.3. The largest absolute Gasteiger partial charge is 0.384 e. The maximum Gasteiger partial charge on any atom is 0.227 e. The van der Waals surface area contributed by atoms with E-state index in [1.54, 1.807) is 24.7 Å². The van der Waals surface area contributed by atoms with Gasteiger partial charge < -0.3 is 20.5 Å². The van der Waals surface area contributed by atoms with Gasteiger partial charge in [-0.15, -0.1) is 0 Å². The first-order valence-electron chi connectivity index (χ1n) is 14.3. The van der Waals surface area contributed by atoms with Gasteiger partial charge in [-0.2, -0.15) is 5.10 Å². The topological polar surface area (TPSA) is 115 Å². The Labute approximate surface area is 247 Å². The number of carbonyl (C=O) groups excluding carboxylic acids is 1. The van der Waals surface area contributed by atoms with E-state index in [-0.39, 0.29) is 17.6 Å². The van der Waals surface area contributed by atoms with Crippen molar-refractivity contribution in [3.8, 4) is 33.8 Å². The second kappa shape index (κ2) is 11.0. The van der Waals surface area contributed by atoms with Crippen LogP contribution in [0.15, 0.2) is 73.2 Å². The number of nitrogens with zero attached hydrogens (tertiary/aromatic N) is 4. The summed E-state index contributed by atoms with van der Waals surface area (Å²) < 4.78 is 14.7. The molecule has 1 amide bonds. The van der Waals surface area contributed by atoms with Crippen molar-refractivity contribution in [3.05, 3.63) is 79.0 Å². The molecule has 0 aliphatic heterocycles. The van der Waals surface area contributed by atoms with Gasteiger partial charge in [0.25, 0.3) is 0 Å². The van der Waals surface area contributed by atoms with Gasteiger partial charge in [0.05, 0.1) is 35.0 Å². The van der Waals surface area contributed by atoms with Crippen molar-refractivity contribution in [2.75, 3.05) is 37.8 Å². The number of amides is 1. The lowest BCUT2D eigenvalue weighted by Gasteiger charge is -2.13. The number of carbonyl (C=O) groups is 1. The molecule has 6 aromatic rings. The first-order valence-corrected chi connectivity index (χ1v) is 14.3. The predicted octanol–water partition coefficient (Wildman–Crippen LogP) is 6.30. The molecule has 1 aliphatic rings. The summed E-state index contributed by atoms with van der Waals surface area (Å²) in [6.07, 6.45) is 7.01. The van der Waals surface area contributed by atoms with Crippen LogP contribution in [0.4, 0.5) is 15.8 Å². The van der Waals surface area contributed by atoms with Crippen LogP contribution in [-0.4, -0.2) is 63.1 Å². The van der Waals surface area contributed by atoms with Crippen LogP contribution in [0, 0.1) is 11.7 Å². The number of likely N-dealkylation sites (N-methyl/N-ethyl adjacent to an activating group) is 1. The van der Waals surface area contributed by atoms with Gasteiger partial charge in [-0.1, -0.05) is 12.1 Å². The zero-order chi connectivity index (χ0) is 29.5. The number of anilines is 2. The van der Waals surface area contributed by atoms with Crippen molar-refractivity contribution < 1.29 is 9.18 Å². The third-order valence-corrected chi connectivity index (χ3v) is 7.71. The number of rotatable bonds is 9. The Morgan fingerprint density at radius 2 is 1.84 bits per heavy atom. The highest BCUT2D eigenvalue weighted by molar-refractivity contribution is 6.02. The van der Waals surface area contributed by atoms with Gasteiger partial charge in [0.15, 0.2) is 0 Å². The lowest BCUT2D eigenvalue weighted by atomic mass is 10.0. The number of nitrogens with one attached hydrogen (secondary N) is 4. The molecule has 1 aliphatic carbocycles. The Morgan fingerprint density at radius 1 is 0.977 bits per heavy atom. The molecule has 4 aromatic heterocycles. The summed E-state index contributed by atoms with van der Waals surface area (Å²) in [6, 6.07) is 17.0. The van der Waals surface area contributed by atoms with Gasteiger partial charge >= 0.3 is 0 Å². The van der Waals surface area contributed by atoms with E-state index in [9.17, 15) is 9.18 Å². The lowest BCUT2D eigenvalue weighted by Crippen LogP contribution is -2.20. The molecular formula is C33H31FN8O. The Kier molecular flexibility index (Phi) is 6.83. The summed E-state index contributed by atoms with van der Waals surface area (Å²) in [5, 5.41) is 15.8. The number of hydrogen-bond acceptors (Lipinski definition) is 6. The monoisotopic (exact) mass is 574 g/mol. The molecule has 7 rings (SSSR count). The quantitative estimate of drug-likeness (QED) is 0.161. The van der Waals surface area contributed by atoms with Crippen molar-refractivity contribution in [2.45, 2.75) is 12.8 Å². The predicted molar refractivity (Wildman–Crippen MR) is 168 cm³/mol. The molecule has 0 radical (unpaired) electrons. The fourth-order valence-electron chi connectivity index (χ4n) is 5.32. The Hall–Kier alpha value is -5.09. The molecule has 10 heteroatoms. The third kappa shape index (κ3) is 5.56. The van der Waals surface area contributed by atoms with Gasteiger partial charge in [0, 0.05) is 52.7 Å². The molecule has 1 fully saturated rings. The van der Waals surface area contributed by atoms with Crippen LogP contribution >= 0.6 is 0 Å². The van der Waals surface area contributed by atoms with Crippen LogP contribution in [0.1, 0.15) is 12.8 Å². The summed E-state index contributed by atoms with van der Waals surface area (Å²) in [4.78, 5) is 26.8. The molecule has 43 heavy (non-hydrogen) atoms. The molecule has 0 spiro atoms. The van der Waals surface area contributed by atoms with E-state index in [1.165, 1.54) is 6.07 Å². The smallest absolute Gasteiger partial charge is 0.227 e. The Morgan fingerprint density at radius 3 is 2.67 bits per heavy atom. The van der Waals surface area contributed by atoms with Crippen LogP contribution in [-0.2, 0) is 4.79 Å². The van der Waals surface area contributed by atoms with Gasteiger partial charge in [0.1, 0.15) is 11.5 Å². The lowest BCUT2D eigenvalue weighted by molar-refractivity contribution is -0.117. The van der Waals surface area contributed by atoms with Crippen molar-refractivity contribution in [3.63, 3.8) is 0 Å². The number of H-pyrrole nitrogens is 2. The summed E-state index contributed by atoms with van der Waals surface area (Å²) in [7, 11) is 4.02. The van der Waals surface area contributed by atoms with Crippen LogP contribution in [0.25, 0.3) is 55.6 Å². The molecule has 4 heterocycles. The maximum absolute atomic E-state index is 14.7. The SMILES string of the molecule is CN(C)CCNc1cc(F)cc(-c2cccc3[nH]c(-c4n[nH]c5cnc(-c6cncc(NC(=O)C7CC7)c6)cc45)cc23)c1. The molecule has 0 saturated heterocycles.